The number of aryl methyl sites for hydroxylation is 1. The molecule has 1 aromatic heterocycles. The van der Waals surface area contributed by atoms with Gasteiger partial charge in [-0.25, -0.2) is 17.8 Å². The van der Waals surface area contributed by atoms with Crippen molar-refractivity contribution in [3.05, 3.63) is 42.0 Å². The molecule has 0 atom stereocenters. The van der Waals surface area contributed by atoms with E-state index in [0.29, 0.717) is 5.56 Å². The highest BCUT2D eigenvalue weighted by Crippen LogP contribution is 2.21. The van der Waals surface area contributed by atoms with Crippen LogP contribution in [0.4, 0.5) is 10.2 Å². The highest BCUT2D eigenvalue weighted by Gasteiger charge is 2.27. The normalized spacial score (nSPS) is 12.0. The number of nitrogen functional groups attached to an aromatic ring is 1. The first kappa shape index (κ1) is 14.5. The lowest BCUT2D eigenvalue weighted by Gasteiger charge is -2.18. The van der Waals surface area contributed by atoms with Crippen LogP contribution in [0.15, 0.2) is 35.6 Å². The first-order chi connectivity index (χ1) is 9.34. The highest BCUT2D eigenvalue weighted by atomic mass is 32.2. The zero-order chi connectivity index (χ0) is 14.9. The summed E-state index contributed by atoms with van der Waals surface area (Å²) >= 11 is 0. The van der Waals surface area contributed by atoms with Crippen molar-refractivity contribution in [2.75, 3.05) is 12.8 Å². The molecule has 0 bridgehead atoms. The molecule has 2 N–H and O–H groups in total. The van der Waals surface area contributed by atoms with Crippen LogP contribution < -0.4 is 5.73 Å². The van der Waals surface area contributed by atoms with Crippen molar-refractivity contribution < 1.29 is 12.8 Å². The molecule has 0 unspecified atom stereocenters. The topological polar surface area (TPSA) is 81.2 Å². The lowest BCUT2D eigenvalue weighted by Crippen LogP contribution is -2.29. The maximum absolute atomic E-state index is 13.6. The minimum absolute atomic E-state index is 0.0760. The fourth-order valence-corrected chi connectivity index (χ4v) is 3.18. The van der Waals surface area contributed by atoms with Crippen molar-refractivity contribution in [2.45, 2.75) is 11.6 Å². The first-order valence-corrected chi connectivity index (χ1v) is 7.24. The summed E-state index contributed by atoms with van der Waals surface area (Å²) in [7, 11) is -0.926. The second-order valence-corrected chi connectivity index (χ2v) is 6.36. The van der Waals surface area contributed by atoms with Gasteiger partial charge in [-0.15, -0.1) is 0 Å². The largest absolute Gasteiger partial charge is 0.381 e. The number of hydrogen-bond acceptors (Lipinski definition) is 4. The number of halogens is 1. The second kappa shape index (κ2) is 5.22. The molecule has 0 saturated carbocycles. The Balaban J connectivity index is 2.34. The van der Waals surface area contributed by atoms with Gasteiger partial charge in [-0.1, -0.05) is 18.2 Å². The average molecular weight is 298 g/mol. The van der Waals surface area contributed by atoms with Gasteiger partial charge in [0.2, 0.25) is 0 Å². The van der Waals surface area contributed by atoms with Crippen LogP contribution in [0.5, 0.6) is 0 Å². The van der Waals surface area contributed by atoms with Gasteiger partial charge in [0, 0.05) is 26.2 Å². The fraction of sp³-hybridized carbons (Fsp3) is 0.250. The Morgan fingerprint density at radius 1 is 1.40 bits per heavy atom. The number of benzene rings is 1. The smallest absolute Gasteiger partial charge is 0.262 e. The van der Waals surface area contributed by atoms with E-state index in [2.05, 4.69) is 4.98 Å². The summed E-state index contributed by atoms with van der Waals surface area (Å²) in [5.41, 5.74) is 5.87. The highest BCUT2D eigenvalue weighted by molar-refractivity contribution is 7.89. The average Bonchev–Trinajstić information content (AvgIpc) is 2.72. The number of sulfonamides is 1. The molecular formula is C12H15FN4O2S. The Hall–Kier alpha value is -1.93. The van der Waals surface area contributed by atoms with E-state index in [4.69, 9.17) is 5.73 Å². The number of rotatable bonds is 4. The van der Waals surface area contributed by atoms with Crippen LogP contribution in [0, 0.1) is 5.82 Å². The van der Waals surface area contributed by atoms with Crippen LogP contribution in [0.25, 0.3) is 0 Å². The molecule has 0 aliphatic rings. The number of nitrogens with zero attached hydrogens (tertiary/aromatic N) is 3. The molecule has 0 aliphatic carbocycles. The van der Waals surface area contributed by atoms with Crippen molar-refractivity contribution in [2.24, 2.45) is 7.05 Å². The minimum atomic E-state index is -3.83. The van der Waals surface area contributed by atoms with E-state index >= 15 is 0 Å². The molecule has 20 heavy (non-hydrogen) atoms. The van der Waals surface area contributed by atoms with Gasteiger partial charge < -0.3 is 10.3 Å². The molecule has 0 aliphatic heterocycles. The Kier molecular flexibility index (Phi) is 3.78. The van der Waals surface area contributed by atoms with E-state index in [1.165, 1.54) is 37.1 Å². The van der Waals surface area contributed by atoms with Gasteiger partial charge >= 0.3 is 0 Å². The van der Waals surface area contributed by atoms with Gasteiger partial charge in [-0.3, -0.25) is 0 Å². The molecule has 0 spiro atoms. The van der Waals surface area contributed by atoms with Crippen LogP contribution in [0.3, 0.4) is 0 Å². The van der Waals surface area contributed by atoms with Crippen molar-refractivity contribution in [3.8, 4) is 0 Å². The second-order valence-electron chi connectivity index (χ2n) is 4.40. The molecule has 1 heterocycles. The summed E-state index contributed by atoms with van der Waals surface area (Å²) in [5, 5.41) is -0.101. The minimum Gasteiger partial charge on any atom is -0.381 e. The van der Waals surface area contributed by atoms with Gasteiger partial charge in [-0.05, 0) is 6.07 Å². The van der Waals surface area contributed by atoms with E-state index in [-0.39, 0.29) is 17.4 Å². The Labute approximate surface area is 116 Å². The first-order valence-electron chi connectivity index (χ1n) is 5.80. The van der Waals surface area contributed by atoms with Crippen molar-refractivity contribution >= 4 is 15.8 Å². The maximum atomic E-state index is 13.6. The van der Waals surface area contributed by atoms with Crippen LogP contribution in [0.1, 0.15) is 5.56 Å². The van der Waals surface area contributed by atoms with Gasteiger partial charge in [0.15, 0.2) is 10.8 Å². The summed E-state index contributed by atoms with van der Waals surface area (Å²) in [5.74, 6) is -0.527. The molecule has 1 aromatic carbocycles. The van der Waals surface area contributed by atoms with E-state index < -0.39 is 15.8 Å². The fourth-order valence-electron chi connectivity index (χ4n) is 1.85. The van der Waals surface area contributed by atoms with E-state index in [9.17, 15) is 12.8 Å². The molecule has 0 fully saturated rings. The SMILES string of the molecule is CN(Cc1ccccc1F)S(=O)(=O)c1c(N)ncn1C. The van der Waals surface area contributed by atoms with Crippen molar-refractivity contribution in [1.29, 1.82) is 0 Å². The van der Waals surface area contributed by atoms with Gasteiger partial charge in [-0.2, -0.15) is 4.31 Å². The van der Waals surface area contributed by atoms with Crippen LogP contribution in [-0.2, 0) is 23.6 Å². The molecule has 108 valence electrons. The molecule has 0 radical (unpaired) electrons. The van der Waals surface area contributed by atoms with Crippen molar-refractivity contribution in [3.63, 3.8) is 0 Å². The van der Waals surface area contributed by atoms with E-state index in [1.54, 1.807) is 12.1 Å². The molecular weight excluding hydrogens is 283 g/mol. The zero-order valence-electron chi connectivity index (χ0n) is 11.1. The van der Waals surface area contributed by atoms with Gasteiger partial charge in [0.25, 0.3) is 10.0 Å². The third-order valence-corrected chi connectivity index (χ3v) is 4.85. The number of aromatic nitrogens is 2. The lowest BCUT2D eigenvalue weighted by molar-refractivity contribution is 0.451. The van der Waals surface area contributed by atoms with Crippen LogP contribution >= 0.6 is 0 Å². The summed E-state index contributed by atoms with van der Waals surface area (Å²) in [4.78, 5) is 3.75. The summed E-state index contributed by atoms with van der Waals surface area (Å²) < 4.78 is 40.8. The van der Waals surface area contributed by atoms with Crippen molar-refractivity contribution in [1.82, 2.24) is 13.9 Å². The quantitative estimate of drug-likeness (QED) is 0.911. The predicted molar refractivity (Wildman–Crippen MR) is 72.7 cm³/mol. The molecule has 0 amide bonds. The standard InChI is InChI=1S/C12H15FN4O2S/c1-16-8-15-11(14)12(16)20(18,19)17(2)7-9-5-3-4-6-10(9)13/h3-6,8H,7,14H2,1-2H3. The monoisotopic (exact) mass is 298 g/mol. The number of nitrogens with two attached hydrogens (primary N) is 1. The lowest BCUT2D eigenvalue weighted by atomic mass is 10.2. The van der Waals surface area contributed by atoms with Gasteiger partial charge in [0.05, 0.1) is 6.33 Å². The zero-order valence-corrected chi connectivity index (χ0v) is 11.9. The summed E-state index contributed by atoms with van der Waals surface area (Å²) in [6.45, 7) is -0.0837. The van der Waals surface area contributed by atoms with E-state index in [1.807, 2.05) is 0 Å². The predicted octanol–water partition coefficient (Wildman–Crippen LogP) is 0.962. The number of imidazole rings is 1. The third-order valence-electron chi connectivity index (χ3n) is 2.91. The Morgan fingerprint density at radius 2 is 2.05 bits per heavy atom. The molecule has 0 saturated heterocycles. The van der Waals surface area contributed by atoms with Gasteiger partial charge in [0.1, 0.15) is 5.82 Å². The Bertz CT molecular complexity index is 707. The molecule has 2 rings (SSSR count). The van der Waals surface area contributed by atoms with E-state index in [0.717, 1.165) is 4.31 Å². The third kappa shape index (κ3) is 2.52. The number of hydrogen-bond donors (Lipinski definition) is 1. The molecule has 8 heteroatoms. The maximum Gasteiger partial charge on any atom is 0.262 e. The summed E-state index contributed by atoms with van der Waals surface area (Å²) in [6, 6.07) is 6.02. The summed E-state index contributed by atoms with van der Waals surface area (Å²) in [6.07, 6.45) is 1.32. The number of anilines is 1. The Morgan fingerprint density at radius 3 is 2.60 bits per heavy atom. The molecule has 2 aromatic rings. The molecule has 6 nitrogen and oxygen atoms in total. The van der Waals surface area contributed by atoms with Crippen LogP contribution in [-0.4, -0.2) is 29.3 Å². The van der Waals surface area contributed by atoms with Crippen LogP contribution in [0.2, 0.25) is 0 Å².